The van der Waals surface area contributed by atoms with E-state index in [1.807, 2.05) is 56.1 Å². The Morgan fingerprint density at radius 3 is 1.11 bits per heavy atom. The molecule has 0 rings (SSSR count). The summed E-state index contributed by atoms with van der Waals surface area (Å²) in [5, 5.41) is 29.5. The first kappa shape index (κ1) is 72.9. The smallest absolute Gasteiger partial charge is 0.0786 e. The van der Waals surface area contributed by atoms with E-state index < -0.39 is 0 Å². The van der Waals surface area contributed by atoms with E-state index in [2.05, 4.69) is 75.1 Å². The molecule has 0 saturated heterocycles. The minimum Gasteiger partial charge on any atom is -0.390 e. The normalized spacial score (nSPS) is 10.6. The second-order valence-electron chi connectivity index (χ2n) is 14.0. The predicted octanol–water partition coefficient (Wildman–Crippen LogP) is -2.09. The van der Waals surface area contributed by atoms with Crippen LogP contribution in [0.25, 0.3) is 0 Å². The van der Waals surface area contributed by atoms with E-state index in [0.717, 1.165) is 111 Å². The zero-order chi connectivity index (χ0) is 45.2. The van der Waals surface area contributed by atoms with Gasteiger partial charge in [0, 0.05) is 38.3 Å². The third-order valence-electron chi connectivity index (χ3n) is 6.55. The van der Waals surface area contributed by atoms with Crippen LogP contribution < -0.4 is 77.4 Å². The second-order valence-corrected chi connectivity index (χ2v) is 14.0. The van der Waals surface area contributed by atoms with Gasteiger partial charge >= 0.3 is 0 Å². The Hall–Kier alpha value is -0.680. The van der Waals surface area contributed by atoms with Gasteiger partial charge < -0.3 is 92.3 Å². The van der Waals surface area contributed by atoms with Crippen LogP contribution in [0.15, 0.2) is 0 Å². The average molecular weight is 819 g/mol. The van der Waals surface area contributed by atoms with Crippen molar-refractivity contribution >= 4 is 0 Å². The number of hydrogen-bond donors (Lipinski definition) is 15. The molecule has 0 amide bonds. The Morgan fingerprint density at radius 2 is 0.911 bits per heavy atom. The minimum atomic E-state index is -0.384. The van der Waals surface area contributed by atoms with Crippen molar-refractivity contribution in [3.63, 3.8) is 0 Å². The van der Waals surface area contributed by atoms with Crippen LogP contribution in [0.2, 0.25) is 0 Å². The molecule has 0 spiro atoms. The van der Waals surface area contributed by atoms with Crippen molar-refractivity contribution in [2.24, 2.45) is 40.1 Å². The third-order valence-corrected chi connectivity index (χ3v) is 6.55. The SMILES string of the molecule is CCCCN(C)C.CN(CCCN)CCCN.CNCC(C)(C)N.CNCC(O)CN.CNCCCCN.CNCCCN.CNCCCNC.CNCCN. The summed E-state index contributed by atoms with van der Waals surface area (Å²) in [5.74, 6) is 0. The van der Waals surface area contributed by atoms with Gasteiger partial charge in [0.05, 0.1) is 6.10 Å². The maximum absolute atomic E-state index is 8.67. The van der Waals surface area contributed by atoms with E-state index in [0.29, 0.717) is 13.1 Å². The summed E-state index contributed by atoms with van der Waals surface area (Å²) in [6, 6.07) is 0. The molecule has 0 saturated carbocycles. The monoisotopic (exact) mass is 819 g/mol. The first-order valence-electron chi connectivity index (χ1n) is 21.1. The molecule has 0 aliphatic heterocycles. The lowest BCUT2D eigenvalue weighted by Crippen LogP contribution is -2.41. The molecule has 352 valence electrons. The Bertz CT molecular complexity index is 520. The van der Waals surface area contributed by atoms with E-state index in [9.17, 15) is 0 Å². The largest absolute Gasteiger partial charge is 0.390 e. The number of aliphatic hydroxyl groups is 1. The fourth-order valence-electron chi connectivity index (χ4n) is 3.39. The molecular weight excluding hydrogens is 709 g/mol. The molecule has 56 heavy (non-hydrogen) atoms. The number of hydrogen-bond acceptors (Lipinski definition) is 17. The van der Waals surface area contributed by atoms with Crippen molar-refractivity contribution in [2.45, 2.75) is 83.8 Å². The van der Waals surface area contributed by atoms with Crippen molar-refractivity contribution in [2.75, 3.05) is 175 Å². The van der Waals surface area contributed by atoms with Crippen molar-refractivity contribution in [3.05, 3.63) is 0 Å². The van der Waals surface area contributed by atoms with E-state index >= 15 is 0 Å². The number of aliphatic hydroxyl groups excluding tert-OH is 1. The molecule has 0 heterocycles. The van der Waals surface area contributed by atoms with E-state index in [4.69, 9.17) is 45.2 Å². The molecule has 0 aromatic heterocycles. The quantitative estimate of drug-likeness (QED) is 0.0396. The highest BCUT2D eigenvalue weighted by atomic mass is 16.3. The summed E-state index contributed by atoms with van der Waals surface area (Å²) < 4.78 is 0. The van der Waals surface area contributed by atoms with Crippen LogP contribution in [-0.2, 0) is 0 Å². The van der Waals surface area contributed by atoms with E-state index in [-0.39, 0.29) is 11.6 Å². The molecule has 0 bridgehead atoms. The summed E-state index contributed by atoms with van der Waals surface area (Å²) >= 11 is 0. The van der Waals surface area contributed by atoms with Crippen LogP contribution in [0.5, 0.6) is 0 Å². The van der Waals surface area contributed by atoms with Gasteiger partial charge in [0.25, 0.3) is 0 Å². The van der Waals surface area contributed by atoms with Crippen LogP contribution in [0, 0.1) is 0 Å². The predicted molar refractivity (Wildman–Crippen MR) is 255 cm³/mol. The number of nitrogens with zero attached hydrogens (tertiary/aromatic N) is 2. The molecule has 22 N–H and O–H groups in total. The molecule has 0 aliphatic carbocycles. The first-order valence-corrected chi connectivity index (χ1v) is 21.1. The molecule has 17 nitrogen and oxygen atoms in total. The number of nitrogens with two attached hydrogens (primary N) is 7. The van der Waals surface area contributed by atoms with Gasteiger partial charge in [0.15, 0.2) is 0 Å². The van der Waals surface area contributed by atoms with Crippen LogP contribution in [0.4, 0.5) is 0 Å². The zero-order valence-electron chi connectivity index (χ0n) is 39.9. The number of likely N-dealkylation sites (N-methyl/N-ethyl adjacent to an activating group) is 3. The molecule has 1 atom stereocenters. The molecule has 0 radical (unpaired) electrons. The number of unbranched alkanes of at least 4 members (excludes halogenated alkanes) is 2. The van der Waals surface area contributed by atoms with Gasteiger partial charge in [-0.2, -0.15) is 0 Å². The Balaban J connectivity index is -0.0000000789. The fourth-order valence-corrected chi connectivity index (χ4v) is 3.39. The highest BCUT2D eigenvalue weighted by Gasteiger charge is 2.06. The summed E-state index contributed by atoms with van der Waals surface area (Å²) in [6.07, 6.45) is 9.05. The molecule has 0 aromatic carbocycles. The highest BCUT2D eigenvalue weighted by Crippen LogP contribution is 1.90. The Labute approximate surface area is 350 Å². The summed E-state index contributed by atoms with van der Waals surface area (Å²) in [5.41, 5.74) is 36.8. The molecule has 17 heteroatoms. The van der Waals surface area contributed by atoms with Crippen LogP contribution in [-0.4, -0.2) is 202 Å². The van der Waals surface area contributed by atoms with Gasteiger partial charge in [0.1, 0.15) is 0 Å². The van der Waals surface area contributed by atoms with Gasteiger partial charge in [-0.05, 0) is 201 Å². The Morgan fingerprint density at radius 1 is 0.500 bits per heavy atom. The first-order chi connectivity index (χ1) is 26.6. The summed E-state index contributed by atoms with van der Waals surface area (Å²) in [7, 11) is 19.7. The van der Waals surface area contributed by atoms with Gasteiger partial charge in [-0.25, -0.2) is 0 Å². The molecular formula is C39H110N16O. The lowest BCUT2D eigenvalue weighted by atomic mass is 10.1. The minimum absolute atomic E-state index is 0.0608. The lowest BCUT2D eigenvalue weighted by molar-refractivity contribution is 0.182. The zero-order valence-corrected chi connectivity index (χ0v) is 39.9. The van der Waals surface area contributed by atoms with E-state index in [1.54, 1.807) is 7.05 Å². The van der Waals surface area contributed by atoms with Gasteiger partial charge in [-0.1, -0.05) is 13.3 Å². The maximum Gasteiger partial charge on any atom is 0.0786 e. The van der Waals surface area contributed by atoms with E-state index in [1.165, 1.54) is 32.2 Å². The average Bonchev–Trinajstić information content (AvgIpc) is 3.16. The van der Waals surface area contributed by atoms with Crippen molar-refractivity contribution in [1.29, 1.82) is 0 Å². The maximum atomic E-state index is 8.67. The third kappa shape index (κ3) is 131. The molecule has 0 fully saturated rings. The van der Waals surface area contributed by atoms with Crippen LogP contribution in [0.3, 0.4) is 0 Å². The van der Waals surface area contributed by atoms with Crippen molar-refractivity contribution in [1.82, 2.24) is 47.0 Å². The topological polar surface area (TPSA) is 293 Å². The van der Waals surface area contributed by atoms with Crippen molar-refractivity contribution < 1.29 is 5.11 Å². The highest BCUT2D eigenvalue weighted by molar-refractivity contribution is 4.72. The van der Waals surface area contributed by atoms with Gasteiger partial charge in [0.2, 0.25) is 0 Å². The van der Waals surface area contributed by atoms with Gasteiger partial charge in [-0.15, -0.1) is 0 Å². The van der Waals surface area contributed by atoms with Crippen LogP contribution in [0.1, 0.15) is 72.1 Å². The van der Waals surface area contributed by atoms with Gasteiger partial charge in [-0.3, -0.25) is 0 Å². The summed E-state index contributed by atoms with van der Waals surface area (Å²) in [4.78, 5) is 4.48. The standard InChI is InChI=1S/C7H19N3.C6H15N.3C5H14N2.C4H12N2O.C4H12N2.C3H10N2/c1-10(6-2-4-8)7-3-5-9;1-4-5-6-7(2)3;1-5(2,6)4-7-3;1-6-4-3-5-7-2;1-7-5-3-2-4-6;1-6-3-4(7)2-5;1-6-4-2-3-5;1-5-3-2-4/h2-9H2,1H3;4-6H2,1-3H3;7H,4,6H2,1-3H3;6-7H,3-5H2,1-2H3;7H,2-6H2,1H3;4,6-7H,2-3,5H2,1H3;6H,2-5H2,1H3;5H,2-4H2,1H3. The number of rotatable bonds is 27. The molecule has 0 aliphatic rings. The van der Waals surface area contributed by atoms with Crippen molar-refractivity contribution in [3.8, 4) is 0 Å². The Kier molecular flexibility index (Phi) is 97.9. The fraction of sp³-hybridized carbons (Fsp3) is 1.00. The van der Waals surface area contributed by atoms with Crippen LogP contribution >= 0.6 is 0 Å². The molecule has 1 unspecified atom stereocenters. The summed E-state index contributed by atoms with van der Waals surface area (Å²) in [6.45, 7) is 20.6. The molecule has 0 aromatic rings. The lowest BCUT2D eigenvalue weighted by Gasteiger charge is -2.16. The second kappa shape index (κ2) is 75.2. The number of nitrogens with one attached hydrogen (secondary N) is 7.